The molecule has 0 saturated carbocycles. The van der Waals surface area contributed by atoms with Gasteiger partial charge in [-0.3, -0.25) is 14.5 Å². The number of rotatable bonds is 12. The maximum atomic E-state index is 14.3. The molecule has 6 nitrogen and oxygen atoms in total. The zero-order valence-electron chi connectivity index (χ0n) is 25.4. The van der Waals surface area contributed by atoms with Crippen LogP contribution in [0.4, 0.5) is 13.2 Å². The third-order valence-electron chi connectivity index (χ3n) is 7.72. The molecule has 236 valence electrons. The van der Waals surface area contributed by atoms with Crippen LogP contribution in [0.1, 0.15) is 29.2 Å². The number of hydrogen-bond acceptors (Lipinski definition) is 4. The number of nitrogens with one attached hydrogen (secondary N) is 1. The van der Waals surface area contributed by atoms with Gasteiger partial charge in [-0.05, 0) is 54.1 Å². The highest BCUT2D eigenvalue weighted by Gasteiger charge is 2.36. The minimum Gasteiger partial charge on any atom is -0.371 e. The fraction of sp³-hybridized carbons (Fsp3) is 0.278. The van der Waals surface area contributed by atoms with Crippen molar-refractivity contribution >= 4 is 17.9 Å². The van der Waals surface area contributed by atoms with Crippen LogP contribution in [-0.2, 0) is 28.7 Å². The Bertz CT molecular complexity index is 1450. The Labute approximate surface area is 263 Å². The van der Waals surface area contributed by atoms with E-state index in [9.17, 15) is 22.8 Å². The molecule has 0 spiro atoms. The second-order valence-corrected chi connectivity index (χ2v) is 10.9. The summed E-state index contributed by atoms with van der Waals surface area (Å²) in [5.74, 6) is -0.602. The van der Waals surface area contributed by atoms with E-state index >= 15 is 0 Å². The normalized spacial score (nSPS) is 15.6. The van der Waals surface area contributed by atoms with Gasteiger partial charge >= 0.3 is 6.18 Å². The summed E-state index contributed by atoms with van der Waals surface area (Å²) in [5, 5.41) is 3.16. The summed E-state index contributed by atoms with van der Waals surface area (Å²) in [5.41, 5.74) is 1.78. The van der Waals surface area contributed by atoms with Gasteiger partial charge in [0.05, 0.1) is 11.7 Å². The van der Waals surface area contributed by atoms with Crippen LogP contribution >= 0.6 is 0 Å². The van der Waals surface area contributed by atoms with Crippen molar-refractivity contribution < 1.29 is 22.8 Å². The molecule has 1 fully saturated rings. The number of halogens is 3. The molecular formula is C36H39F3N4O2. The largest absolute Gasteiger partial charge is 0.416 e. The zero-order valence-corrected chi connectivity index (χ0v) is 25.4. The molecule has 2 atom stereocenters. The summed E-state index contributed by atoms with van der Waals surface area (Å²) >= 11 is 0. The number of allylic oxidation sites excluding steroid dienone is 2. The van der Waals surface area contributed by atoms with E-state index in [0.717, 1.165) is 24.2 Å². The zero-order chi connectivity index (χ0) is 32.2. The first-order valence-corrected chi connectivity index (χ1v) is 15.0. The molecule has 0 bridgehead atoms. The Morgan fingerprint density at radius 3 is 2.09 bits per heavy atom. The van der Waals surface area contributed by atoms with Crippen molar-refractivity contribution in [3.8, 4) is 0 Å². The fourth-order valence-corrected chi connectivity index (χ4v) is 5.32. The van der Waals surface area contributed by atoms with Crippen molar-refractivity contribution in [3.05, 3.63) is 138 Å². The molecule has 1 heterocycles. The molecule has 3 aromatic rings. The average Bonchev–Trinajstić information content (AvgIpc) is 3.04. The number of hydrogen-bond donors (Lipinski definition) is 1. The first-order valence-electron chi connectivity index (χ1n) is 15.0. The molecule has 1 aliphatic rings. The number of alkyl halides is 3. The standard InChI is InChI=1S/C36H39F3N4O2/c1-3-4-21-40-28(2)43(34(44)20-17-29-15-18-32(19-16-29)36(37,38)39)33(26-30-11-7-5-8-12-30)35(45)42-24-22-41(23-25-42)27-31-13-9-6-10-14-31/h3-21,28,33,40H,1,22-27H2,2H3/b20-17+,21-4-/t28?,33-/m0/s1. The van der Waals surface area contributed by atoms with Crippen LogP contribution in [0.25, 0.3) is 6.08 Å². The van der Waals surface area contributed by atoms with E-state index in [4.69, 9.17) is 0 Å². The molecule has 0 radical (unpaired) electrons. The van der Waals surface area contributed by atoms with E-state index in [-0.39, 0.29) is 5.91 Å². The molecule has 3 aromatic carbocycles. The van der Waals surface area contributed by atoms with Gasteiger partial charge in [0.2, 0.25) is 11.8 Å². The third-order valence-corrected chi connectivity index (χ3v) is 7.72. The van der Waals surface area contributed by atoms with Crippen LogP contribution in [0.5, 0.6) is 0 Å². The maximum Gasteiger partial charge on any atom is 0.416 e. The molecule has 4 rings (SSSR count). The van der Waals surface area contributed by atoms with Gasteiger partial charge in [-0.2, -0.15) is 13.2 Å². The highest BCUT2D eigenvalue weighted by Crippen LogP contribution is 2.29. The van der Waals surface area contributed by atoms with Crippen LogP contribution in [0.2, 0.25) is 0 Å². The average molecular weight is 617 g/mol. The molecule has 0 aliphatic carbocycles. The Balaban J connectivity index is 1.58. The van der Waals surface area contributed by atoms with E-state index in [1.165, 1.54) is 34.7 Å². The van der Waals surface area contributed by atoms with E-state index < -0.39 is 29.9 Å². The molecule has 1 unspecified atom stereocenters. The molecule has 1 aliphatic heterocycles. The van der Waals surface area contributed by atoms with Crippen LogP contribution in [0.15, 0.2) is 116 Å². The predicted molar refractivity (Wildman–Crippen MR) is 171 cm³/mol. The predicted octanol–water partition coefficient (Wildman–Crippen LogP) is 6.14. The van der Waals surface area contributed by atoms with Crippen LogP contribution in [-0.4, -0.2) is 64.9 Å². The Hall–Kier alpha value is -4.63. The van der Waals surface area contributed by atoms with Crippen molar-refractivity contribution in [2.24, 2.45) is 0 Å². The number of piperazine rings is 1. The monoisotopic (exact) mass is 616 g/mol. The van der Waals surface area contributed by atoms with Crippen molar-refractivity contribution in [3.63, 3.8) is 0 Å². The summed E-state index contributed by atoms with van der Waals surface area (Å²) in [6.45, 7) is 8.73. The van der Waals surface area contributed by atoms with Crippen molar-refractivity contribution in [1.29, 1.82) is 0 Å². The maximum absolute atomic E-state index is 14.3. The first kappa shape index (κ1) is 33.3. The Kier molecular flexibility index (Phi) is 11.8. The summed E-state index contributed by atoms with van der Waals surface area (Å²) in [6.07, 6.45) is 2.96. The SMILES string of the molecule is C=C/C=C\NC(C)N(C(=O)/C=C/c1ccc(C(F)(F)F)cc1)[C@@H](Cc1ccccc1)C(=O)N1CCN(Cc2ccccc2)CC1. The third kappa shape index (κ3) is 9.68. The van der Waals surface area contributed by atoms with Gasteiger partial charge < -0.3 is 15.1 Å². The second-order valence-electron chi connectivity index (χ2n) is 10.9. The molecule has 9 heteroatoms. The van der Waals surface area contributed by atoms with E-state index in [1.807, 2.05) is 53.4 Å². The lowest BCUT2D eigenvalue weighted by Crippen LogP contribution is -2.60. The Morgan fingerprint density at radius 2 is 1.51 bits per heavy atom. The molecule has 45 heavy (non-hydrogen) atoms. The smallest absolute Gasteiger partial charge is 0.371 e. The molecule has 1 saturated heterocycles. The van der Waals surface area contributed by atoms with E-state index in [0.29, 0.717) is 38.2 Å². The molecule has 0 aromatic heterocycles. The summed E-state index contributed by atoms with van der Waals surface area (Å²) in [7, 11) is 0. The summed E-state index contributed by atoms with van der Waals surface area (Å²) < 4.78 is 39.1. The van der Waals surface area contributed by atoms with Crippen molar-refractivity contribution in [2.75, 3.05) is 26.2 Å². The van der Waals surface area contributed by atoms with Gasteiger partial charge in [0.25, 0.3) is 0 Å². The molecular weight excluding hydrogens is 577 g/mol. The van der Waals surface area contributed by atoms with Gasteiger partial charge in [-0.1, -0.05) is 85.5 Å². The van der Waals surface area contributed by atoms with Gasteiger partial charge in [-0.15, -0.1) is 0 Å². The topological polar surface area (TPSA) is 55.9 Å². The summed E-state index contributed by atoms with van der Waals surface area (Å²) in [4.78, 5) is 33.8. The minimum atomic E-state index is -4.45. The van der Waals surface area contributed by atoms with Gasteiger partial charge in [0, 0.05) is 45.2 Å². The molecule has 1 N–H and O–H groups in total. The second kappa shape index (κ2) is 15.9. The molecule has 2 amide bonds. The van der Waals surface area contributed by atoms with Crippen LogP contribution in [0, 0.1) is 0 Å². The van der Waals surface area contributed by atoms with Gasteiger partial charge in [-0.25, -0.2) is 0 Å². The number of carbonyl (C=O) groups is 2. The quantitative estimate of drug-likeness (QED) is 0.151. The van der Waals surface area contributed by atoms with Crippen molar-refractivity contribution in [1.82, 2.24) is 20.0 Å². The first-order chi connectivity index (χ1) is 21.7. The lowest BCUT2D eigenvalue weighted by atomic mass is 10.0. The number of nitrogens with zero attached hydrogens (tertiary/aromatic N) is 3. The lowest BCUT2D eigenvalue weighted by Gasteiger charge is -2.41. The highest BCUT2D eigenvalue weighted by molar-refractivity contribution is 5.96. The number of amides is 2. The van der Waals surface area contributed by atoms with Crippen LogP contribution in [0.3, 0.4) is 0 Å². The van der Waals surface area contributed by atoms with Crippen LogP contribution < -0.4 is 5.32 Å². The number of benzene rings is 3. The van der Waals surface area contributed by atoms with Crippen molar-refractivity contribution in [2.45, 2.75) is 38.3 Å². The van der Waals surface area contributed by atoms with Gasteiger partial charge in [0.15, 0.2) is 0 Å². The fourth-order valence-electron chi connectivity index (χ4n) is 5.32. The Morgan fingerprint density at radius 1 is 0.911 bits per heavy atom. The highest BCUT2D eigenvalue weighted by atomic mass is 19.4. The van der Waals surface area contributed by atoms with E-state index in [2.05, 4.69) is 28.9 Å². The van der Waals surface area contributed by atoms with Gasteiger partial charge in [0.1, 0.15) is 6.04 Å². The number of carbonyl (C=O) groups excluding carboxylic acids is 2. The minimum absolute atomic E-state index is 0.157. The van der Waals surface area contributed by atoms with E-state index in [1.54, 1.807) is 25.3 Å². The summed E-state index contributed by atoms with van der Waals surface area (Å²) in [6, 6.07) is 23.5. The lowest BCUT2D eigenvalue weighted by molar-refractivity contribution is -0.147.